The Morgan fingerprint density at radius 1 is 0.973 bits per heavy atom. The third-order valence-corrected chi connectivity index (χ3v) is 6.35. The van der Waals surface area contributed by atoms with Crippen LogP contribution in [0.3, 0.4) is 0 Å². The maximum atomic E-state index is 13.3. The summed E-state index contributed by atoms with van der Waals surface area (Å²) in [6.45, 7) is 6.24. The number of benzene rings is 3. The van der Waals surface area contributed by atoms with Crippen molar-refractivity contribution < 1.29 is 34.8 Å². The van der Waals surface area contributed by atoms with E-state index >= 15 is 0 Å². The first-order valence-corrected chi connectivity index (χ1v) is 11.7. The number of carbonyl (C=O) groups excluding carboxylic acids is 2. The minimum atomic E-state index is -0.722. The molecule has 7 nitrogen and oxygen atoms in total. The normalized spacial score (nSPS) is 13.8. The van der Waals surface area contributed by atoms with Crippen molar-refractivity contribution in [1.82, 2.24) is 0 Å². The van der Waals surface area contributed by atoms with Crippen molar-refractivity contribution in [3.05, 3.63) is 87.5 Å². The fourth-order valence-electron chi connectivity index (χ4n) is 4.32. The molecule has 0 fully saturated rings. The highest BCUT2D eigenvalue weighted by Crippen LogP contribution is 2.46. The molecule has 0 bridgehead atoms. The average Bonchev–Trinajstić information content (AvgIpc) is 2.85. The lowest BCUT2D eigenvalue weighted by Crippen LogP contribution is -2.28. The van der Waals surface area contributed by atoms with E-state index in [1.807, 2.05) is 44.2 Å². The van der Waals surface area contributed by atoms with Crippen LogP contribution in [0.5, 0.6) is 28.7 Å². The lowest BCUT2D eigenvalue weighted by molar-refractivity contribution is 0.100. The Morgan fingerprint density at radius 3 is 2.30 bits per heavy atom. The van der Waals surface area contributed by atoms with Gasteiger partial charge in [0.15, 0.2) is 11.6 Å². The maximum absolute atomic E-state index is 13.3. The molecule has 0 radical (unpaired) electrons. The fourth-order valence-corrected chi connectivity index (χ4v) is 4.32. The number of ketones is 2. The van der Waals surface area contributed by atoms with E-state index in [2.05, 4.69) is 0 Å². The molecule has 190 valence electrons. The van der Waals surface area contributed by atoms with Gasteiger partial charge in [-0.2, -0.15) is 0 Å². The quantitative estimate of drug-likeness (QED) is 0.253. The van der Waals surface area contributed by atoms with E-state index in [0.29, 0.717) is 0 Å². The van der Waals surface area contributed by atoms with Gasteiger partial charge in [0.25, 0.3) is 0 Å². The van der Waals surface area contributed by atoms with Crippen LogP contribution in [0, 0.1) is 6.92 Å². The molecule has 1 heterocycles. The summed E-state index contributed by atoms with van der Waals surface area (Å²) in [7, 11) is 0. The number of aromatic hydroxyl groups is 4. The van der Waals surface area contributed by atoms with Crippen LogP contribution in [-0.2, 0) is 6.42 Å². The number of fused-ring (bicyclic) bond motifs is 1. The van der Waals surface area contributed by atoms with Crippen LogP contribution in [0.25, 0.3) is 12.2 Å². The standard InChI is InChI=1S/C30H28O7/c1-16-25(33)22(28(36)24(17(2)31)26(16)34)15-19-14-21(23(32)11-10-18-8-6-5-7-9-18)29-20(27(19)35)12-13-30(3,4)37-29/h5-14,33-36H,15H2,1-4H3/b11-10+. The van der Waals surface area contributed by atoms with Crippen molar-refractivity contribution in [3.63, 3.8) is 0 Å². The van der Waals surface area contributed by atoms with E-state index in [1.54, 1.807) is 18.2 Å². The Morgan fingerprint density at radius 2 is 1.65 bits per heavy atom. The number of Topliss-reactive ketones (excluding diaryl/α,β-unsaturated/α-hetero) is 1. The minimum Gasteiger partial charge on any atom is -0.507 e. The van der Waals surface area contributed by atoms with Gasteiger partial charge in [-0.15, -0.1) is 0 Å². The van der Waals surface area contributed by atoms with Crippen LogP contribution in [0.1, 0.15) is 69.3 Å². The molecule has 3 aromatic rings. The van der Waals surface area contributed by atoms with Gasteiger partial charge in [-0.1, -0.05) is 36.4 Å². The highest BCUT2D eigenvalue weighted by molar-refractivity contribution is 6.10. The predicted molar refractivity (Wildman–Crippen MR) is 141 cm³/mol. The molecule has 1 aliphatic heterocycles. The highest BCUT2D eigenvalue weighted by Gasteiger charge is 2.31. The molecule has 0 unspecified atom stereocenters. The van der Waals surface area contributed by atoms with E-state index in [-0.39, 0.29) is 57.1 Å². The largest absolute Gasteiger partial charge is 0.507 e. The first kappa shape index (κ1) is 25.6. The van der Waals surface area contributed by atoms with Crippen LogP contribution < -0.4 is 4.74 Å². The summed E-state index contributed by atoms with van der Waals surface area (Å²) in [5.74, 6) is -2.45. The molecule has 7 heteroatoms. The zero-order valence-electron chi connectivity index (χ0n) is 21.0. The van der Waals surface area contributed by atoms with Gasteiger partial charge in [0.2, 0.25) is 0 Å². The summed E-state index contributed by atoms with van der Waals surface area (Å²) in [5, 5.41) is 42.8. The second-order valence-corrected chi connectivity index (χ2v) is 9.58. The monoisotopic (exact) mass is 500 g/mol. The van der Waals surface area contributed by atoms with Gasteiger partial charge in [0, 0.05) is 23.1 Å². The number of allylic oxidation sites excluding steroid dienone is 1. The molecular formula is C30H28O7. The van der Waals surface area contributed by atoms with E-state index in [1.165, 1.54) is 26.0 Å². The smallest absolute Gasteiger partial charge is 0.189 e. The number of ether oxygens (including phenoxy) is 1. The fraction of sp³-hybridized carbons (Fsp3) is 0.200. The van der Waals surface area contributed by atoms with E-state index < -0.39 is 28.6 Å². The Balaban J connectivity index is 1.87. The topological polar surface area (TPSA) is 124 Å². The summed E-state index contributed by atoms with van der Waals surface area (Å²) in [5.41, 5.74) is 0.431. The second-order valence-electron chi connectivity index (χ2n) is 9.58. The summed E-state index contributed by atoms with van der Waals surface area (Å²) in [6.07, 6.45) is 6.27. The second kappa shape index (κ2) is 9.50. The maximum Gasteiger partial charge on any atom is 0.189 e. The Kier molecular flexibility index (Phi) is 6.57. The zero-order valence-corrected chi connectivity index (χ0v) is 21.0. The molecule has 0 saturated carbocycles. The summed E-state index contributed by atoms with van der Waals surface area (Å²) in [6, 6.07) is 10.8. The van der Waals surface area contributed by atoms with E-state index in [4.69, 9.17) is 4.74 Å². The first-order chi connectivity index (χ1) is 17.4. The summed E-state index contributed by atoms with van der Waals surface area (Å²) >= 11 is 0. The molecule has 0 aliphatic carbocycles. The summed E-state index contributed by atoms with van der Waals surface area (Å²) < 4.78 is 6.06. The lowest BCUT2D eigenvalue weighted by atomic mass is 9.90. The van der Waals surface area contributed by atoms with Crippen molar-refractivity contribution in [1.29, 1.82) is 0 Å². The van der Waals surface area contributed by atoms with Crippen LogP contribution in [0.15, 0.2) is 48.6 Å². The van der Waals surface area contributed by atoms with E-state index in [9.17, 15) is 30.0 Å². The van der Waals surface area contributed by atoms with Crippen molar-refractivity contribution in [3.8, 4) is 28.7 Å². The third-order valence-electron chi connectivity index (χ3n) is 6.35. The van der Waals surface area contributed by atoms with Crippen LogP contribution in [0.4, 0.5) is 0 Å². The van der Waals surface area contributed by atoms with Gasteiger partial charge < -0.3 is 25.2 Å². The number of phenolic OH excluding ortho intramolecular Hbond substituents is 4. The van der Waals surface area contributed by atoms with Gasteiger partial charge in [-0.05, 0) is 57.6 Å². The number of hydrogen-bond acceptors (Lipinski definition) is 7. The van der Waals surface area contributed by atoms with Crippen LogP contribution in [-0.4, -0.2) is 37.6 Å². The molecule has 0 amide bonds. The van der Waals surface area contributed by atoms with Gasteiger partial charge >= 0.3 is 0 Å². The molecule has 0 spiro atoms. The van der Waals surface area contributed by atoms with Crippen LogP contribution in [0.2, 0.25) is 0 Å². The molecule has 4 N–H and O–H groups in total. The lowest BCUT2D eigenvalue weighted by Gasteiger charge is -2.30. The molecule has 0 atom stereocenters. The summed E-state index contributed by atoms with van der Waals surface area (Å²) in [4.78, 5) is 25.4. The van der Waals surface area contributed by atoms with Crippen molar-refractivity contribution in [2.75, 3.05) is 0 Å². The van der Waals surface area contributed by atoms with Crippen molar-refractivity contribution in [2.45, 2.75) is 39.7 Å². The molecule has 0 aromatic heterocycles. The molecule has 3 aromatic carbocycles. The molecule has 4 rings (SSSR count). The van der Waals surface area contributed by atoms with Crippen molar-refractivity contribution >= 4 is 23.7 Å². The third kappa shape index (κ3) is 4.80. The Labute approximate surface area is 214 Å². The number of rotatable bonds is 6. The van der Waals surface area contributed by atoms with Gasteiger partial charge in [-0.3, -0.25) is 9.59 Å². The zero-order chi connectivity index (χ0) is 27.1. The predicted octanol–water partition coefficient (Wildman–Crippen LogP) is 5.69. The molecule has 0 saturated heterocycles. The van der Waals surface area contributed by atoms with E-state index in [0.717, 1.165) is 5.56 Å². The average molecular weight is 501 g/mol. The molecular weight excluding hydrogens is 472 g/mol. The minimum absolute atomic E-state index is 0.0162. The number of carbonyl (C=O) groups is 2. The van der Waals surface area contributed by atoms with Gasteiger partial charge in [0.05, 0.1) is 11.1 Å². The highest BCUT2D eigenvalue weighted by atomic mass is 16.5. The molecule has 37 heavy (non-hydrogen) atoms. The van der Waals surface area contributed by atoms with Gasteiger partial charge in [-0.25, -0.2) is 0 Å². The Hall–Kier alpha value is -4.52. The SMILES string of the molecule is CC(=O)c1c(O)c(C)c(O)c(Cc2cc(C(=O)/C=C/c3ccccc3)c3c(c2O)C=CC(C)(C)O3)c1O. The van der Waals surface area contributed by atoms with Crippen LogP contribution >= 0.6 is 0 Å². The first-order valence-electron chi connectivity index (χ1n) is 11.7. The number of phenols is 4. The van der Waals surface area contributed by atoms with Crippen molar-refractivity contribution in [2.24, 2.45) is 0 Å². The molecule has 1 aliphatic rings. The van der Waals surface area contributed by atoms with Gasteiger partial charge in [0.1, 0.15) is 39.9 Å². The number of hydrogen-bond donors (Lipinski definition) is 4. The Bertz CT molecular complexity index is 1480.